The number of aromatic nitrogens is 1. The lowest BCUT2D eigenvalue weighted by Crippen LogP contribution is -2.00. The Hall–Kier alpha value is -1.02. The number of nitriles is 1. The van der Waals surface area contributed by atoms with E-state index in [1.54, 1.807) is 6.92 Å². The molecule has 0 amide bonds. The summed E-state index contributed by atoms with van der Waals surface area (Å²) in [6, 6.07) is 3.01. The Labute approximate surface area is 88.7 Å². The van der Waals surface area contributed by atoms with Gasteiger partial charge in [0.15, 0.2) is 0 Å². The summed E-state index contributed by atoms with van der Waals surface area (Å²) in [5.41, 5.74) is 1.04. The highest BCUT2D eigenvalue weighted by atomic mass is 79.9. The Morgan fingerprint density at radius 1 is 1.64 bits per heavy atom. The van der Waals surface area contributed by atoms with Crippen molar-refractivity contribution in [2.75, 3.05) is 0 Å². The molecule has 0 saturated carbocycles. The molecule has 1 aromatic heterocycles. The molecule has 0 spiro atoms. The van der Waals surface area contributed by atoms with Gasteiger partial charge in [-0.05, 0) is 13.0 Å². The van der Waals surface area contributed by atoms with Crippen molar-refractivity contribution in [3.63, 3.8) is 0 Å². The van der Waals surface area contributed by atoms with Gasteiger partial charge < -0.3 is 0 Å². The van der Waals surface area contributed by atoms with E-state index in [1.165, 1.54) is 0 Å². The SMILES string of the molecule is Cc1nc(C(F)F)cc(C#N)c1CBr. The van der Waals surface area contributed by atoms with Crippen LogP contribution in [0.2, 0.25) is 0 Å². The molecule has 0 atom stereocenters. The summed E-state index contributed by atoms with van der Waals surface area (Å²) >= 11 is 3.18. The first kappa shape index (κ1) is 11.1. The molecule has 0 saturated heterocycles. The molecule has 0 N–H and O–H groups in total. The average molecular weight is 261 g/mol. The molecule has 1 heterocycles. The van der Waals surface area contributed by atoms with Crippen LogP contribution in [0.15, 0.2) is 6.07 Å². The first-order valence-corrected chi connectivity index (χ1v) is 4.97. The van der Waals surface area contributed by atoms with Crippen LogP contribution in [0.5, 0.6) is 0 Å². The normalized spacial score (nSPS) is 10.3. The van der Waals surface area contributed by atoms with Gasteiger partial charge in [-0.2, -0.15) is 5.26 Å². The molecule has 0 unspecified atom stereocenters. The van der Waals surface area contributed by atoms with Crippen molar-refractivity contribution in [2.45, 2.75) is 18.7 Å². The summed E-state index contributed by atoms with van der Waals surface area (Å²) in [6.45, 7) is 1.61. The second-order valence-electron chi connectivity index (χ2n) is 2.70. The molecule has 5 heteroatoms. The molecule has 2 nitrogen and oxygen atoms in total. The number of pyridine rings is 1. The largest absolute Gasteiger partial charge is 0.280 e. The smallest absolute Gasteiger partial charge is 0.252 e. The summed E-state index contributed by atoms with van der Waals surface area (Å²) in [7, 11) is 0. The van der Waals surface area contributed by atoms with E-state index in [-0.39, 0.29) is 11.3 Å². The highest BCUT2D eigenvalue weighted by Crippen LogP contribution is 2.22. The van der Waals surface area contributed by atoms with Crippen LogP contribution in [0.1, 0.15) is 28.9 Å². The molecule has 0 aliphatic heterocycles. The average Bonchev–Trinajstić information content (AvgIpc) is 2.16. The van der Waals surface area contributed by atoms with Crippen LogP contribution in [0.3, 0.4) is 0 Å². The van der Waals surface area contributed by atoms with Crippen LogP contribution >= 0.6 is 15.9 Å². The van der Waals surface area contributed by atoms with E-state index >= 15 is 0 Å². The fourth-order valence-corrected chi connectivity index (χ4v) is 1.81. The molecule has 0 aromatic carbocycles. The topological polar surface area (TPSA) is 36.7 Å². The van der Waals surface area contributed by atoms with Crippen molar-refractivity contribution in [1.29, 1.82) is 5.26 Å². The van der Waals surface area contributed by atoms with E-state index in [9.17, 15) is 8.78 Å². The molecule has 0 bridgehead atoms. The van der Waals surface area contributed by atoms with Gasteiger partial charge in [-0.3, -0.25) is 4.98 Å². The van der Waals surface area contributed by atoms with E-state index in [1.807, 2.05) is 6.07 Å². The van der Waals surface area contributed by atoms with E-state index in [0.29, 0.717) is 16.6 Å². The maximum Gasteiger partial charge on any atom is 0.280 e. The van der Waals surface area contributed by atoms with Gasteiger partial charge in [-0.15, -0.1) is 0 Å². The van der Waals surface area contributed by atoms with E-state index < -0.39 is 6.43 Å². The number of aryl methyl sites for hydroxylation is 1. The van der Waals surface area contributed by atoms with Gasteiger partial charge in [-0.1, -0.05) is 15.9 Å². The third-order valence-electron chi connectivity index (χ3n) is 1.83. The summed E-state index contributed by atoms with van der Waals surface area (Å²) in [5, 5.41) is 9.18. The number of alkyl halides is 3. The Kier molecular flexibility index (Phi) is 3.53. The van der Waals surface area contributed by atoms with Crippen LogP contribution in [-0.2, 0) is 5.33 Å². The summed E-state index contributed by atoms with van der Waals surface area (Å²) in [4.78, 5) is 3.72. The Morgan fingerprint density at radius 3 is 2.71 bits per heavy atom. The molecule has 0 fully saturated rings. The predicted molar refractivity (Wildman–Crippen MR) is 51.3 cm³/mol. The van der Waals surface area contributed by atoms with E-state index in [0.717, 1.165) is 6.07 Å². The van der Waals surface area contributed by atoms with Crippen molar-refractivity contribution in [3.8, 4) is 6.07 Å². The highest BCUT2D eigenvalue weighted by molar-refractivity contribution is 9.08. The Morgan fingerprint density at radius 2 is 2.29 bits per heavy atom. The predicted octanol–water partition coefficient (Wildman–Crippen LogP) is 3.09. The minimum atomic E-state index is -2.63. The molecule has 0 radical (unpaired) electrons. The molecular formula is C9H7BrF2N2. The maximum atomic E-state index is 12.3. The molecule has 1 rings (SSSR count). The van der Waals surface area contributed by atoms with Crippen molar-refractivity contribution in [1.82, 2.24) is 4.98 Å². The van der Waals surface area contributed by atoms with Crippen molar-refractivity contribution >= 4 is 15.9 Å². The molecule has 1 aromatic rings. The van der Waals surface area contributed by atoms with Gasteiger partial charge >= 0.3 is 0 Å². The second-order valence-corrected chi connectivity index (χ2v) is 3.27. The molecular weight excluding hydrogens is 254 g/mol. The summed E-state index contributed by atoms with van der Waals surface area (Å²) in [5.74, 6) is 0. The second kappa shape index (κ2) is 4.47. The van der Waals surface area contributed by atoms with Gasteiger partial charge in [-0.25, -0.2) is 8.78 Å². The number of nitrogens with zero attached hydrogens (tertiary/aromatic N) is 2. The maximum absolute atomic E-state index is 12.3. The van der Waals surface area contributed by atoms with Crippen molar-refractivity contribution < 1.29 is 8.78 Å². The zero-order chi connectivity index (χ0) is 10.7. The lowest BCUT2D eigenvalue weighted by molar-refractivity contribution is 0.146. The van der Waals surface area contributed by atoms with Crippen LogP contribution in [0.25, 0.3) is 0 Å². The number of rotatable bonds is 2. The van der Waals surface area contributed by atoms with Crippen LogP contribution in [0.4, 0.5) is 8.78 Å². The first-order chi connectivity index (χ1) is 6.60. The number of halogens is 3. The Balaban J connectivity index is 3.33. The van der Waals surface area contributed by atoms with E-state index in [2.05, 4.69) is 20.9 Å². The van der Waals surface area contributed by atoms with Gasteiger partial charge in [0.1, 0.15) is 5.69 Å². The molecule has 14 heavy (non-hydrogen) atoms. The third-order valence-corrected chi connectivity index (χ3v) is 2.39. The van der Waals surface area contributed by atoms with Gasteiger partial charge in [0.05, 0.1) is 11.6 Å². The van der Waals surface area contributed by atoms with Crippen LogP contribution in [-0.4, -0.2) is 4.98 Å². The quantitative estimate of drug-likeness (QED) is 0.767. The fraction of sp³-hybridized carbons (Fsp3) is 0.333. The Bertz CT molecular complexity index is 385. The van der Waals surface area contributed by atoms with Crippen LogP contribution in [0, 0.1) is 18.3 Å². The summed E-state index contributed by atoms with van der Waals surface area (Å²) in [6.07, 6.45) is -2.63. The standard InChI is InChI=1S/C9H7BrF2N2/c1-5-7(3-10)6(4-13)2-8(14-5)9(11)12/h2,9H,3H2,1H3. The lowest BCUT2D eigenvalue weighted by Gasteiger charge is -2.06. The highest BCUT2D eigenvalue weighted by Gasteiger charge is 2.14. The summed E-state index contributed by atoms with van der Waals surface area (Å²) < 4.78 is 24.6. The fourth-order valence-electron chi connectivity index (χ4n) is 1.10. The van der Waals surface area contributed by atoms with Gasteiger partial charge in [0.25, 0.3) is 6.43 Å². The first-order valence-electron chi connectivity index (χ1n) is 3.84. The minimum absolute atomic E-state index is 0.254. The van der Waals surface area contributed by atoms with Crippen LogP contribution < -0.4 is 0 Å². The molecule has 0 aliphatic carbocycles. The van der Waals surface area contributed by atoms with Crippen molar-refractivity contribution in [2.24, 2.45) is 0 Å². The zero-order valence-corrected chi connectivity index (χ0v) is 8.98. The lowest BCUT2D eigenvalue weighted by atomic mass is 10.1. The number of hydrogen-bond donors (Lipinski definition) is 0. The monoisotopic (exact) mass is 260 g/mol. The van der Waals surface area contributed by atoms with Crippen molar-refractivity contribution in [3.05, 3.63) is 28.6 Å². The molecule has 0 aliphatic rings. The van der Waals surface area contributed by atoms with Gasteiger partial charge in [0.2, 0.25) is 0 Å². The minimum Gasteiger partial charge on any atom is -0.252 e. The number of hydrogen-bond acceptors (Lipinski definition) is 2. The molecule has 74 valence electrons. The van der Waals surface area contributed by atoms with Gasteiger partial charge in [0, 0.05) is 16.6 Å². The third kappa shape index (κ3) is 2.07. The zero-order valence-electron chi connectivity index (χ0n) is 7.39. The van der Waals surface area contributed by atoms with E-state index in [4.69, 9.17) is 5.26 Å².